The van der Waals surface area contributed by atoms with Crippen LogP contribution in [0.15, 0.2) is 12.3 Å². The number of hydrogen-bond acceptors (Lipinski definition) is 3. The van der Waals surface area contributed by atoms with Gasteiger partial charge in [0.15, 0.2) is 0 Å². The number of nitrogens with zero attached hydrogens (tertiary/aromatic N) is 1. The molecule has 1 atom stereocenters. The van der Waals surface area contributed by atoms with Crippen LogP contribution in [-0.4, -0.2) is 28.0 Å². The van der Waals surface area contributed by atoms with E-state index >= 15 is 0 Å². The summed E-state index contributed by atoms with van der Waals surface area (Å²) in [7, 11) is 0. The highest BCUT2D eigenvalue weighted by molar-refractivity contribution is 6.35. The summed E-state index contributed by atoms with van der Waals surface area (Å²) in [6, 6.07) is 1.10. The Bertz CT molecular complexity index is 466. The van der Waals surface area contributed by atoms with E-state index in [9.17, 15) is 9.59 Å². The molecule has 1 aromatic rings. The number of carbonyl (C=O) groups is 2. The van der Waals surface area contributed by atoms with Gasteiger partial charge in [-0.1, -0.05) is 23.2 Å². The van der Waals surface area contributed by atoms with Gasteiger partial charge >= 0.3 is 5.97 Å². The topological polar surface area (TPSA) is 79.3 Å². The first kappa shape index (κ1) is 14.7. The number of rotatable bonds is 5. The third kappa shape index (κ3) is 4.50. The van der Waals surface area contributed by atoms with E-state index in [1.165, 1.54) is 12.3 Å². The normalized spacial score (nSPS) is 11.9. The lowest BCUT2D eigenvalue weighted by molar-refractivity contribution is -0.137. The molecule has 0 aliphatic carbocycles. The zero-order valence-corrected chi connectivity index (χ0v) is 11.1. The molecule has 0 saturated carbocycles. The van der Waals surface area contributed by atoms with Crippen LogP contribution in [0, 0.1) is 0 Å². The fourth-order valence-corrected chi connectivity index (χ4v) is 1.65. The van der Waals surface area contributed by atoms with Crippen molar-refractivity contribution in [2.24, 2.45) is 0 Å². The molecule has 1 unspecified atom stereocenters. The van der Waals surface area contributed by atoms with E-state index in [2.05, 4.69) is 10.3 Å². The first-order valence-corrected chi connectivity index (χ1v) is 5.99. The second kappa shape index (κ2) is 6.56. The van der Waals surface area contributed by atoms with Gasteiger partial charge in [-0.2, -0.15) is 0 Å². The summed E-state index contributed by atoms with van der Waals surface area (Å²) in [5.41, 5.74) is 0.221. The number of hydrogen-bond donors (Lipinski definition) is 2. The summed E-state index contributed by atoms with van der Waals surface area (Å²) in [6.07, 6.45) is 1.63. The van der Waals surface area contributed by atoms with Crippen LogP contribution in [0.3, 0.4) is 0 Å². The third-order valence-corrected chi connectivity index (χ3v) is 2.74. The zero-order chi connectivity index (χ0) is 13.7. The zero-order valence-electron chi connectivity index (χ0n) is 9.61. The van der Waals surface area contributed by atoms with Crippen LogP contribution in [0.2, 0.25) is 10.2 Å². The van der Waals surface area contributed by atoms with Crippen LogP contribution < -0.4 is 5.32 Å². The molecular formula is C11H12Cl2N2O3. The summed E-state index contributed by atoms with van der Waals surface area (Å²) in [5.74, 6) is -1.30. The quantitative estimate of drug-likeness (QED) is 0.816. The highest BCUT2D eigenvalue weighted by atomic mass is 35.5. The molecule has 0 saturated heterocycles. The molecule has 1 aromatic heterocycles. The molecule has 1 heterocycles. The summed E-state index contributed by atoms with van der Waals surface area (Å²) in [6.45, 7) is 1.72. The number of amides is 1. The van der Waals surface area contributed by atoms with Crippen molar-refractivity contribution in [3.63, 3.8) is 0 Å². The maximum Gasteiger partial charge on any atom is 0.303 e. The fraction of sp³-hybridized carbons (Fsp3) is 0.364. The fourth-order valence-electron chi connectivity index (χ4n) is 1.30. The van der Waals surface area contributed by atoms with Crippen molar-refractivity contribution in [2.45, 2.75) is 25.8 Å². The molecule has 1 rings (SSSR count). The Kier molecular flexibility index (Phi) is 5.37. The van der Waals surface area contributed by atoms with Crippen molar-refractivity contribution in [3.8, 4) is 0 Å². The van der Waals surface area contributed by atoms with Crippen LogP contribution in [0.5, 0.6) is 0 Å². The highest BCUT2D eigenvalue weighted by Gasteiger charge is 2.14. The average molecular weight is 291 g/mol. The highest BCUT2D eigenvalue weighted by Crippen LogP contribution is 2.18. The largest absolute Gasteiger partial charge is 0.481 e. The molecular weight excluding hydrogens is 279 g/mol. The number of aliphatic carboxylic acids is 1. The molecule has 0 aliphatic rings. The van der Waals surface area contributed by atoms with Gasteiger partial charge in [-0.15, -0.1) is 0 Å². The van der Waals surface area contributed by atoms with Gasteiger partial charge in [0.25, 0.3) is 5.91 Å². The van der Waals surface area contributed by atoms with Crippen molar-refractivity contribution in [2.75, 3.05) is 0 Å². The standard InChI is InChI=1S/C11H12Cl2N2O3/c1-6(2-3-10(16)17)15-11(18)7-4-9(13)14-5-8(7)12/h4-6H,2-3H2,1H3,(H,15,18)(H,16,17). The molecule has 0 aromatic carbocycles. The third-order valence-electron chi connectivity index (χ3n) is 2.24. The summed E-state index contributed by atoms with van der Waals surface area (Å²) >= 11 is 11.5. The molecule has 2 N–H and O–H groups in total. The molecule has 7 heteroatoms. The van der Waals surface area contributed by atoms with E-state index in [1.54, 1.807) is 6.92 Å². The van der Waals surface area contributed by atoms with Crippen LogP contribution in [0.1, 0.15) is 30.1 Å². The molecule has 0 bridgehead atoms. The van der Waals surface area contributed by atoms with E-state index in [0.29, 0.717) is 6.42 Å². The van der Waals surface area contributed by atoms with E-state index < -0.39 is 11.9 Å². The van der Waals surface area contributed by atoms with Crippen molar-refractivity contribution in [3.05, 3.63) is 28.0 Å². The summed E-state index contributed by atoms with van der Waals surface area (Å²) in [5, 5.41) is 11.5. The minimum atomic E-state index is -0.902. The Labute approximate surface area is 114 Å². The number of pyridine rings is 1. The smallest absolute Gasteiger partial charge is 0.303 e. The molecule has 0 fully saturated rings. The molecule has 5 nitrogen and oxygen atoms in total. The van der Waals surface area contributed by atoms with Gasteiger partial charge in [-0.25, -0.2) is 4.98 Å². The van der Waals surface area contributed by atoms with Gasteiger partial charge in [0.05, 0.1) is 10.6 Å². The van der Waals surface area contributed by atoms with Gasteiger partial charge in [-0.05, 0) is 19.4 Å². The van der Waals surface area contributed by atoms with Gasteiger partial charge in [0, 0.05) is 18.7 Å². The average Bonchev–Trinajstić information content (AvgIpc) is 2.29. The number of aromatic nitrogens is 1. The van der Waals surface area contributed by atoms with E-state index in [1.807, 2.05) is 0 Å². The minimum absolute atomic E-state index is 0.00766. The van der Waals surface area contributed by atoms with Gasteiger partial charge in [-0.3, -0.25) is 9.59 Å². The second-order valence-corrected chi connectivity index (χ2v) is 4.59. The number of nitrogens with one attached hydrogen (secondary N) is 1. The van der Waals surface area contributed by atoms with Crippen molar-refractivity contribution >= 4 is 35.1 Å². The Balaban J connectivity index is 2.64. The Morgan fingerprint density at radius 2 is 2.17 bits per heavy atom. The van der Waals surface area contributed by atoms with Crippen LogP contribution >= 0.6 is 23.2 Å². The predicted octanol–water partition coefficient (Wildman–Crippen LogP) is 2.37. The molecule has 18 heavy (non-hydrogen) atoms. The summed E-state index contributed by atoms with van der Waals surface area (Å²) < 4.78 is 0. The number of carbonyl (C=O) groups excluding carboxylic acids is 1. The van der Waals surface area contributed by atoms with E-state index in [4.69, 9.17) is 28.3 Å². The number of carboxylic acids is 1. The maximum atomic E-state index is 11.8. The predicted molar refractivity (Wildman–Crippen MR) is 68.1 cm³/mol. The molecule has 1 amide bonds. The Hall–Kier alpha value is -1.33. The van der Waals surface area contributed by atoms with Crippen molar-refractivity contribution in [1.29, 1.82) is 0 Å². The molecule has 0 spiro atoms. The Morgan fingerprint density at radius 3 is 2.78 bits per heavy atom. The van der Waals surface area contributed by atoms with Crippen LogP contribution in [-0.2, 0) is 4.79 Å². The number of halogens is 2. The van der Waals surface area contributed by atoms with Gasteiger partial charge in [0.1, 0.15) is 5.15 Å². The first-order chi connectivity index (χ1) is 8.40. The lowest BCUT2D eigenvalue weighted by Crippen LogP contribution is -2.33. The summed E-state index contributed by atoms with van der Waals surface area (Å²) in [4.78, 5) is 26.0. The molecule has 0 aliphatic heterocycles. The second-order valence-electron chi connectivity index (χ2n) is 3.79. The first-order valence-electron chi connectivity index (χ1n) is 5.24. The van der Waals surface area contributed by atoms with Crippen LogP contribution in [0.4, 0.5) is 0 Å². The SMILES string of the molecule is CC(CCC(=O)O)NC(=O)c1cc(Cl)ncc1Cl. The van der Waals surface area contributed by atoms with E-state index in [-0.39, 0.29) is 28.2 Å². The van der Waals surface area contributed by atoms with Crippen molar-refractivity contribution < 1.29 is 14.7 Å². The number of carboxylic acid groups (broad SMARTS) is 1. The van der Waals surface area contributed by atoms with Crippen LogP contribution in [0.25, 0.3) is 0 Å². The minimum Gasteiger partial charge on any atom is -0.481 e. The molecule has 98 valence electrons. The molecule has 0 radical (unpaired) electrons. The van der Waals surface area contributed by atoms with Gasteiger partial charge < -0.3 is 10.4 Å². The lowest BCUT2D eigenvalue weighted by atomic mass is 10.1. The Morgan fingerprint density at radius 1 is 1.50 bits per heavy atom. The van der Waals surface area contributed by atoms with Gasteiger partial charge in [0.2, 0.25) is 0 Å². The lowest BCUT2D eigenvalue weighted by Gasteiger charge is -2.13. The maximum absolute atomic E-state index is 11.8. The van der Waals surface area contributed by atoms with Crippen molar-refractivity contribution in [1.82, 2.24) is 10.3 Å². The van der Waals surface area contributed by atoms with E-state index in [0.717, 1.165) is 0 Å². The monoisotopic (exact) mass is 290 g/mol.